The van der Waals surface area contributed by atoms with E-state index in [0.29, 0.717) is 76.0 Å². The molecule has 13 heteroatoms. The monoisotopic (exact) mass is 590 g/mol. The Balaban J connectivity index is 1.60. The number of hydrogen-bond acceptors (Lipinski definition) is 8. The summed E-state index contributed by atoms with van der Waals surface area (Å²) in [4.78, 5) is 37.0. The van der Waals surface area contributed by atoms with Crippen molar-refractivity contribution in [2.24, 2.45) is 11.5 Å². The number of aromatic nitrogens is 3. The van der Waals surface area contributed by atoms with Crippen molar-refractivity contribution in [1.29, 1.82) is 0 Å². The second-order valence-electron chi connectivity index (χ2n) is 11.3. The van der Waals surface area contributed by atoms with Gasteiger partial charge in [-0.25, -0.2) is 14.2 Å². The SMILES string of the molecule is CNc1cc(F)c(Cl)c2c1[nH]c1ncc(-c3ccc4ccc(C(=O)O)c(=O)n4c3)c(N3CC[C@@]4(N)CN(C)C[C@@]34N)c12. The van der Waals surface area contributed by atoms with Crippen molar-refractivity contribution in [2.75, 3.05) is 43.9 Å². The van der Waals surface area contributed by atoms with Crippen LogP contribution in [0.4, 0.5) is 15.8 Å². The fourth-order valence-corrected chi connectivity index (χ4v) is 7.11. The van der Waals surface area contributed by atoms with Gasteiger partial charge in [0.15, 0.2) is 0 Å². The molecule has 0 aliphatic carbocycles. The van der Waals surface area contributed by atoms with E-state index in [1.54, 1.807) is 31.6 Å². The number of aromatic carboxylic acids is 1. The number of nitrogens with two attached hydrogens (primary N) is 2. The van der Waals surface area contributed by atoms with E-state index in [1.165, 1.54) is 16.5 Å². The van der Waals surface area contributed by atoms with Crippen LogP contribution in [0.1, 0.15) is 16.8 Å². The Morgan fingerprint density at radius 2 is 1.98 bits per heavy atom. The van der Waals surface area contributed by atoms with Crippen LogP contribution < -0.4 is 27.2 Å². The molecule has 6 heterocycles. The summed E-state index contributed by atoms with van der Waals surface area (Å²) in [6, 6.07) is 7.75. The third-order valence-corrected chi connectivity index (χ3v) is 9.25. The summed E-state index contributed by atoms with van der Waals surface area (Å²) in [6.45, 7) is 1.60. The topological polar surface area (TPSA) is 158 Å². The third kappa shape index (κ3) is 3.46. The maximum absolute atomic E-state index is 15.2. The molecule has 4 aromatic heterocycles. The summed E-state index contributed by atoms with van der Waals surface area (Å²) < 4.78 is 16.5. The van der Waals surface area contributed by atoms with Crippen molar-refractivity contribution < 1.29 is 14.3 Å². The molecule has 2 aliphatic rings. The summed E-state index contributed by atoms with van der Waals surface area (Å²) in [5, 5.41) is 13.5. The first-order valence-electron chi connectivity index (χ1n) is 13.4. The Labute approximate surface area is 243 Å². The molecule has 0 bridgehead atoms. The highest BCUT2D eigenvalue weighted by Crippen LogP contribution is 2.50. The Kier molecular flexibility index (Phi) is 5.64. The fourth-order valence-electron chi connectivity index (χ4n) is 6.86. The number of fused-ring (bicyclic) bond motifs is 5. The number of anilines is 2. The van der Waals surface area contributed by atoms with Crippen molar-refractivity contribution in [3.05, 3.63) is 69.5 Å². The maximum Gasteiger partial charge on any atom is 0.341 e. The first kappa shape index (κ1) is 26.7. The van der Waals surface area contributed by atoms with Crippen molar-refractivity contribution in [3.8, 4) is 11.1 Å². The van der Waals surface area contributed by atoms with Crippen molar-refractivity contribution in [3.63, 3.8) is 0 Å². The molecule has 0 amide bonds. The molecule has 2 aliphatic heterocycles. The predicted octanol–water partition coefficient (Wildman–Crippen LogP) is 3.04. The van der Waals surface area contributed by atoms with Gasteiger partial charge in [-0.3, -0.25) is 9.20 Å². The molecule has 216 valence electrons. The average Bonchev–Trinajstić information content (AvgIpc) is 3.53. The van der Waals surface area contributed by atoms with Crippen LogP contribution in [0.25, 0.3) is 38.6 Å². The highest BCUT2D eigenvalue weighted by atomic mass is 35.5. The molecule has 7 N–H and O–H groups in total. The molecule has 42 heavy (non-hydrogen) atoms. The molecule has 2 atom stereocenters. The zero-order valence-corrected chi connectivity index (χ0v) is 23.6. The minimum Gasteiger partial charge on any atom is -0.477 e. The number of likely N-dealkylation sites (N-methyl/N-ethyl adjacent to an activating group) is 1. The molecule has 11 nitrogen and oxygen atoms in total. The molecule has 1 aromatic carbocycles. The zero-order chi connectivity index (χ0) is 29.7. The molecule has 0 saturated carbocycles. The van der Waals surface area contributed by atoms with Gasteiger partial charge in [-0.05, 0) is 31.7 Å². The second kappa shape index (κ2) is 8.88. The van der Waals surface area contributed by atoms with Crippen LogP contribution in [0.15, 0.2) is 47.5 Å². The molecular formula is C29H28ClFN8O3. The van der Waals surface area contributed by atoms with Gasteiger partial charge in [-0.15, -0.1) is 0 Å². The largest absolute Gasteiger partial charge is 0.477 e. The standard InChI is InChI=1S/C29H28ClFN8O3/c1-34-19-9-18(31)22(30)20-21-24(39-8-7-28(32)12-37(2)13-29(28,39)33)17(10-35-25(21)36-23(19)20)14-3-4-15-5-6-16(27(41)42)26(40)38(15)11-14/h3-6,9-11,34H,7-8,12-13,32-33H2,1-2H3,(H,35,36)(H,41,42)/t28-,29-/m1/s1. The molecule has 2 saturated heterocycles. The molecule has 0 radical (unpaired) electrons. The van der Waals surface area contributed by atoms with Gasteiger partial charge < -0.3 is 36.7 Å². The normalized spacial score (nSPS) is 22.5. The summed E-state index contributed by atoms with van der Waals surface area (Å²) in [7, 11) is 3.66. The van der Waals surface area contributed by atoms with Gasteiger partial charge in [0.1, 0.15) is 22.7 Å². The van der Waals surface area contributed by atoms with Crippen LogP contribution in [0.5, 0.6) is 0 Å². The minimum atomic E-state index is -1.31. The maximum atomic E-state index is 15.2. The zero-order valence-electron chi connectivity index (χ0n) is 22.8. The number of pyridine rings is 3. The van der Waals surface area contributed by atoms with E-state index < -0.39 is 28.5 Å². The number of H-pyrrole nitrogens is 1. The number of hydrogen-bond donors (Lipinski definition) is 5. The van der Waals surface area contributed by atoms with Gasteiger partial charge in [0, 0.05) is 67.2 Å². The minimum absolute atomic E-state index is 0.0656. The molecule has 7 rings (SSSR count). The van der Waals surface area contributed by atoms with Gasteiger partial charge in [0.05, 0.1) is 32.8 Å². The third-order valence-electron chi connectivity index (χ3n) is 8.88. The predicted molar refractivity (Wildman–Crippen MR) is 161 cm³/mol. The van der Waals surface area contributed by atoms with E-state index in [9.17, 15) is 14.7 Å². The lowest BCUT2D eigenvalue weighted by Gasteiger charge is -2.41. The van der Waals surface area contributed by atoms with Gasteiger partial charge in [0.25, 0.3) is 5.56 Å². The van der Waals surface area contributed by atoms with Crippen LogP contribution in [0.2, 0.25) is 5.02 Å². The lowest BCUT2D eigenvalue weighted by Crippen LogP contribution is -2.68. The molecule has 0 unspecified atom stereocenters. The van der Waals surface area contributed by atoms with E-state index in [4.69, 9.17) is 28.1 Å². The van der Waals surface area contributed by atoms with Gasteiger partial charge in [-0.2, -0.15) is 0 Å². The Morgan fingerprint density at radius 3 is 2.71 bits per heavy atom. The number of carboxylic acids is 1. The van der Waals surface area contributed by atoms with E-state index in [-0.39, 0.29) is 10.6 Å². The summed E-state index contributed by atoms with van der Waals surface area (Å²) >= 11 is 6.66. The highest BCUT2D eigenvalue weighted by molar-refractivity contribution is 6.39. The van der Waals surface area contributed by atoms with Crippen molar-refractivity contribution in [2.45, 2.75) is 17.6 Å². The molecular weight excluding hydrogens is 563 g/mol. The van der Waals surface area contributed by atoms with Gasteiger partial charge >= 0.3 is 5.97 Å². The Bertz CT molecular complexity index is 2040. The molecule has 0 spiro atoms. The number of likely N-dealkylation sites (tertiary alicyclic amines) is 1. The highest BCUT2D eigenvalue weighted by Gasteiger charge is 2.60. The summed E-state index contributed by atoms with van der Waals surface area (Å²) in [6.07, 6.45) is 3.87. The first-order valence-corrected chi connectivity index (χ1v) is 13.8. The smallest absolute Gasteiger partial charge is 0.341 e. The Morgan fingerprint density at radius 1 is 1.21 bits per heavy atom. The lowest BCUT2D eigenvalue weighted by molar-refractivity contribution is 0.0694. The summed E-state index contributed by atoms with van der Waals surface area (Å²) in [5.41, 5.74) is 15.4. The van der Waals surface area contributed by atoms with E-state index in [2.05, 4.69) is 20.1 Å². The number of halogens is 2. The second-order valence-corrected chi connectivity index (χ2v) is 11.7. The lowest BCUT2D eigenvalue weighted by atomic mass is 9.89. The van der Waals surface area contributed by atoms with Crippen LogP contribution in [0.3, 0.4) is 0 Å². The van der Waals surface area contributed by atoms with E-state index in [0.717, 1.165) is 0 Å². The Hall–Kier alpha value is -4.23. The van der Waals surface area contributed by atoms with E-state index >= 15 is 4.39 Å². The van der Waals surface area contributed by atoms with Crippen LogP contribution in [-0.4, -0.2) is 75.3 Å². The summed E-state index contributed by atoms with van der Waals surface area (Å²) in [5.74, 6) is -1.91. The molecule has 2 fully saturated rings. The van der Waals surface area contributed by atoms with E-state index in [1.807, 2.05) is 13.1 Å². The number of rotatable bonds is 4. The fraction of sp³-hybridized carbons (Fsp3) is 0.276. The van der Waals surface area contributed by atoms with Gasteiger partial charge in [0.2, 0.25) is 0 Å². The van der Waals surface area contributed by atoms with Crippen LogP contribution in [-0.2, 0) is 0 Å². The number of nitrogens with one attached hydrogen (secondary N) is 2. The van der Waals surface area contributed by atoms with Crippen LogP contribution >= 0.6 is 11.6 Å². The average molecular weight is 591 g/mol. The quantitative estimate of drug-likeness (QED) is 0.212. The van der Waals surface area contributed by atoms with Crippen molar-refractivity contribution in [1.82, 2.24) is 19.3 Å². The number of carbonyl (C=O) groups is 1. The first-order chi connectivity index (χ1) is 20.0. The number of benzene rings is 1. The van der Waals surface area contributed by atoms with Gasteiger partial charge in [-0.1, -0.05) is 17.7 Å². The van der Waals surface area contributed by atoms with Crippen LogP contribution in [0, 0.1) is 5.82 Å². The number of carboxylic acid groups (broad SMARTS) is 1. The van der Waals surface area contributed by atoms with Crippen molar-refractivity contribution >= 4 is 56.4 Å². The number of aromatic amines is 1. The molecule has 5 aromatic rings. The number of nitrogens with zero attached hydrogens (tertiary/aromatic N) is 4.